The molecule has 1 unspecified atom stereocenters. The molecule has 0 spiro atoms. The lowest BCUT2D eigenvalue weighted by molar-refractivity contribution is 0.397. The van der Waals surface area contributed by atoms with Gasteiger partial charge in [0.1, 0.15) is 11.6 Å². The molecule has 5 heteroatoms. The van der Waals surface area contributed by atoms with Gasteiger partial charge in [0.25, 0.3) is 0 Å². The Hall–Kier alpha value is -1.43. The summed E-state index contributed by atoms with van der Waals surface area (Å²) in [6, 6.07) is 6.32. The summed E-state index contributed by atoms with van der Waals surface area (Å²) < 4.78 is 19.2. The van der Waals surface area contributed by atoms with Crippen molar-refractivity contribution in [2.45, 2.75) is 13.0 Å². The molecule has 3 nitrogen and oxygen atoms in total. The monoisotopic (exact) mass is 266 g/mol. The van der Waals surface area contributed by atoms with Crippen LogP contribution in [-0.4, -0.2) is 7.11 Å². The molecule has 3 N–H and O–H groups in total. The van der Waals surface area contributed by atoms with Crippen LogP contribution in [0.5, 0.6) is 5.75 Å². The summed E-state index contributed by atoms with van der Waals surface area (Å²) in [5.74, 6) is 5.73. The van der Waals surface area contributed by atoms with Crippen LogP contribution in [0, 0.1) is 12.7 Å². The Morgan fingerprint density at radius 2 is 2.22 bits per heavy atom. The first kappa shape index (κ1) is 13.0. The first-order valence-corrected chi connectivity index (χ1v) is 6.39. The minimum Gasteiger partial charge on any atom is -0.496 e. The fourth-order valence-corrected chi connectivity index (χ4v) is 2.67. The maximum Gasteiger partial charge on any atom is 0.132 e. The quantitative estimate of drug-likeness (QED) is 0.661. The number of thiophene rings is 1. The predicted molar refractivity (Wildman–Crippen MR) is 71.2 cm³/mol. The molecule has 0 radical (unpaired) electrons. The molecule has 0 bridgehead atoms. The molecular weight excluding hydrogens is 251 g/mol. The van der Waals surface area contributed by atoms with E-state index >= 15 is 0 Å². The topological polar surface area (TPSA) is 47.3 Å². The largest absolute Gasteiger partial charge is 0.496 e. The average molecular weight is 266 g/mol. The Balaban J connectivity index is 2.51. The number of halogens is 1. The third-order valence-corrected chi connectivity index (χ3v) is 3.65. The van der Waals surface area contributed by atoms with E-state index in [9.17, 15) is 4.39 Å². The lowest BCUT2D eigenvalue weighted by Gasteiger charge is -2.18. The number of aryl methyl sites for hydroxylation is 1. The lowest BCUT2D eigenvalue weighted by Crippen LogP contribution is -2.29. The van der Waals surface area contributed by atoms with E-state index in [0.717, 1.165) is 10.4 Å². The van der Waals surface area contributed by atoms with E-state index in [2.05, 4.69) is 5.43 Å². The Morgan fingerprint density at radius 3 is 2.78 bits per heavy atom. The summed E-state index contributed by atoms with van der Waals surface area (Å²) in [5, 5.41) is 1.96. The van der Waals surface area contributed by atoms with Gasteiger partial charge in [-0.25, -0.2) is 9.82 Å². The maximum absolute atomic E-state index is 14.0. The summed E-state index contributed by atoms with van der Waals surface area (Å²) in [5.41, 5.74) is 4.01. The van der Waals surface area contributed by atoms with Gasteiger partial charge in [0.05, 0.1) is 18.7 Å². The predicted octanol–water partition coefficient (Wildman–Crippen LogP) is 2.76. The smallest absolute Gasteiger partial charge is 0.132 e. The number of nitrogens with one attached hydrogen (secondary N) is 1. The number of methoxy groups -OCH3 is 1. The number of nitrogens with two attached hydrogens (primary N) is 1. The number of hydrogen-bond acceptors (Lipinski definition) is 4. The third kappa shape index (κ3) is 2.38. The molecule has 2 aromatic rings. The summed E-state index contributed by atoms with van der Waals surface area (Å²) in [4.78, 5) is 1.15. The van der Waals surface area contributed by atoms with Gasteiger partial charge in [-0.1, -0.05) is 6.07 Å². The summed E-state index contributed by atoms with van der Waals surface area (Å²) >= 11 is 1.60. The zero-order valence-electron chi connectivity index (χ0n) is 10.2. The fraction of sp³-hybridized carbons (Fsp3) is 0.231. The first-order valence-electron chi connectivity index (χ1n) is 5.51. The van der Waals surface area contributed by atoms with E-state index in [4.69, 9.17) is 10.6 Å². The van der Waals surface area contributed by atoms with Crippen molar-refractivity contribution in [3.63, 3.8) is 0 Å². The maximum atomic E-state index is 14.0. The lowest BCUT2D eigenvalue weighted by atomic mass is 10.00. The Bertz CT molecular complexity index is 542. The molecule has 0 fully saturated rings. The molecule has 2 rings (SSSR count). The van der Waals surface area contributed by atoms with Crippen molar-refractivity contribution >= 4 is 11.3 Å². The highest BCUT2D eigenvalue weighted by Crippen LogP contribution is 2.33. The van der Waals surface area contributed by atoms with Crippen molar-refractivity contribution in [3.05, 3.63) is 51.5 Å². The van der Waals surface area contributed by atoms with Crippen LogP contribution in [0.1, 0.15) is 22.0 Å². The van der Waals surface area contributed by atoms with Gasteiger partial charge in [0.2, 0.25) is 0 Å². The second kappa shape index (κ2) is 5.48. The van der Waals surface area contributed by atoms with Crippen LogP contribution in [-0.2, 0) is 0 Å². The number of rotatable bonds is 4. The SMILES string of the molecule is COc1cccc(F)c1C(NN)c1csc(C)c1. The van der Waals surface area contributed by atoms with Crippen LogP contribution in [0.4, 0.5) is 4.39 Å². The molecule has 1 atom stereocenters. The highest BCUT2D eigenvalue weighted by atomic mass is 32.1. The first-order chi connectivity index (χ1) is 8.67. The molecule has 0 aliphatic carbocycles. The third-order valence-electron chi connectivity index (χ3n) is 2.77. The van der Waals surface area contributed by atoms with Crippen molar-refractivity contribution < 1.29 is 9.13 Å². The van der Waals surface area contributed by atoms with E-state index in [0.29, 0.717) is 11.3 Å². The van der Waals surface area contributed by atoms with Crippen LogP contribution >= 0.6 is 11.3 Å². The van der Waals surface area contributed by atoms with Crippen molar-refractivity contribution in [1.29, 1.82) is 0 Å². The van der Waals surface area contributed by atoms with Crippen LogP contribution in [0.3, 0.4) is 0 Å². The van der Waals surface area contributed by atoms with Crippen LogP contribution in [0.15, 0.2) is 29.6 Å². The molecule has 1 aromatic heterocycles. The highest BCUT2D eigenvalue weighted by molar-refractivity contribution is 7.10. The molecule has 0 saturated heterocycles. The van der Waals surface area contributed by atoms with Gasteiger partial charge in [0, 0.05) is 4.88 Å². The van der Waals surface area contributed by atoms with Crippen molar-refractivity contribution in [1.82, 2.24) is 5.43 Å². The second-order valence-electron chi connectivity index (χ2n) is 3.95. The van der Waals surface area contributed by atoms with Crippen LogP contribution < -0.4 is 16.0 Å². The van der Waals surface area contributed by atoms with E-state index < -0.39 is 6.04 Å². The van der Waals surface area contributed by atoms with Gasteiger partial charge in [-0.15, -0.1) is 11.3 Å². The molecule has 18 heavy (non-hydrogen) atoms. The number of hydrazine groups is 1. The zero-order valence-corrected chi connectivity index (χ0v) is 11.1. The normalized spacial score (nSPS) is 12.4. The van der Waals surface area contributed by atoms with E-state index in [1.165, 1.54) is 13.2 Å². The Morgan fingerprint density at radius 1 is 1.44 bits per heavy atom. The second-order valence-corrected chi connectivity index (χ2v) is 5.06. The van der Waals surface area contributed by atoms with Gasteiger partial charge in [-0.3, -0.25) is 5.84 Å². The molecular formula is C13H15FN2OS. The molecule has 0 saturated carbocycles. The summed E-state index contributed by atoms with van der Waals surface area (Å²) in [6.07, 6.45) is 0. The molecule has 1 aromatic carbocycles. The number of hydrogen-bond donors (Lipinski definition) is 2. The van der Waals surface area contributed by atoms with Gasteiger partial charge in [-0.2, -0.15) is 0 Å². The standard InChI is InChI=1S/C13H15FN2OS/c1-8-6-9(7-18-8)13(16-15)12-10(14)4-3-5-11(12)17-2/h3-7,13,16H,15H2,1-2H3. The Labute approximate surface area is 109 Å². The molecule has 0 aliphatic heterocycles. The minimum absolute atomic E-state index is 0.332. The van der Waals surface area contributed by atoms with Crippen LogP contribution in [0.25, 0.3) is 0 Å². The summed E-state index contributed by atoms with van der Waals surface area (Å²) in [7, 11) is 1.52. The molecule has 96 valence electrons. The van der Waals surface area contributed by atoms with Crippen molar-refractivity contribution in [3.8, 4) is 5.75 Å². The summed E-state index contributed by atoms with van der Waals surface area (Å²) in [6.45, 7) is 2.00. The van der Waals surface area contributed by atoms with E-state index in [1.807, 2.05) is 18.4 Å². The van der Waals surface area contributed by atoms with Gasteiger partial charge in [-0.05, 0) is 36.1 Å². The van der Waals surface area contributed by atoms with Crippen molar-refractivity contribution in [2.75, 3.05) is 7.11 Å². The number of ether oxygens (including phenoxy) is 1. The zero-order chi connectivity index (χ0) is 13.1. The molecule has 0 amide bonds. The van der Waals surface area contributed by atoms with E-state index in [1.54, 1.807) is 23.5 Å². The van der Waals surface area contributed by atoms with Gasteiger partial charge in [0.15, 0.2) is 0 Å². The Kier molecular flexibility index (Phi) is 3.96. The van der Waals surface area contributed by atoms with Gasteiger partial charge < -0.3 is 4.74 Å². The van der Waals surface area contributed by atoms with Crippen LogP contribution in [0.2, 0.25) is 0 Å². The molecule has 0 aliphatic rings. The number of benzene rings is 1. The highest BCUT2D eigenvalue weighted by Gasteiger charge is 2.21. The fourth-order valence-electron chi connectivity index (χ4n) is 1.94. The van der Waals surface area contributed by atoms with Crippen molar-refractivity contribution in [2.24, 2.45) is 5.84 Å². The minimum atomic E-state index is -0.411. The van der Waals surface area contributed by atoms with Gasteiger partial charge >= 0.3 is 0 Å². The average Bonchev–Trinajstić information content (AvgIpc) is 2.78. The molecule has 1 heterocycles. The van der Waals surface area contributed by atoms with E-state index in [-0.39, 0.29) is 5.82 Å².